The van der Waals surface area contributed by atoms with E-state index in [1.54, 1.807) is 13.1 Å². The first-order chi connectivity index (χ1) is 16.3. The summed E-state index contributed by atoms with van der Waals surface area (Å²) in [7, 11) is 1.65. The van der Waals surface area contributed by atoms with Gasteiger partial charge in [-0.1, -0.05) is 50.5 Å². The topological polar surface area (TPSA) is 52.6 Å². The number of thioether (sulfide) groups is 1. The SMILES string of the molecule is C=CC.CNC(C(=O)O)C(C)C.Cc1ccc(SCCC2CCN(CC3CCCC3)CC2)cc1. The van der Waals surface area contributed by atoms with Crippen LogP contribution in [0.3, 0.4) is 0 Å². The minimum absolute atomic E-state index is 0.146. The standard InChI is InChI=1S/C20H31NS.C6H13NO2.C3H6/c1-17-6-8-20(9-7-17)22-15-12-18-10-13-21(14-11-18)16-19-4-2-3-5-19;1-4(2)5(7-3)6(8)9;1-3-2/h6-9,18-19H,2-5,10-16H2,1H3;4-5,7H,1-3H3,(H,8,9);3H,1H2,2H3. The maximum absolute atomic E-state index is 10.3. The number of nitrogens with zero attached hydrogens (tertiary/aromatic N) is 1. The minimum Gasteiger partial charge on any atom is -0.480 e. The summed E-state index contributed by atoms with van der Waals surface area (Å²) in [6, 6.07) is 8.58. The summed E-state index contributed by atoms with van der Waals surface area (Å²) >= 11 is 2.04. The van der Waals surface area contributed by atoms with Gasteiger partial charge in [-0.3, -0.25) is 4.79 Å². The zero-order valence-electron chi connectivity index (χ0n) is 22.4. The van der Waals surface area contributed by atoms with Crippen LogP contribution in [-0.2, 0) is 4.79 Å². The predicted molar refractivity (Wildman–Crippen MR) is 149 cm³/mol. The molecule has 1 saturated heterocycles. The highest BCUT2D eigenvalue weighted by atomic mass is 32.2. The van der Waals surface area contributed by atoms with Gasteiger partial charge in [0.1, 0.15) is 6.04 Å². The maximum atomic E-state index is 10.3. The van der Waals surface area contributed by atoms with Crippen molar-refractivity contribution in [2.75, 3.05) is 32.4 Å². The Balaban J connectivity index is 0.000000405. The third-order valence-corrected chi connectivity index (χ3v) is 7.80. The van der Waals surface area contributed by atoms with Crippen molar-refractivity contribution in [3.63, 3.8) is 0 Å². The Morgan fingerprint density at radius 1 is 1.15 bits per heavy atom. The molecule has 2 aliphatic rings. The highest BCUT2D eigenvalue weighted by Gasteiger charge is 2.23. The van der Waals surface area contributed by atoms with Crippen molar-refractivity contribution in [3.8, 4) is 0 Å². The molecule has 2 fully saturated rings. The number of carboxylic acids is 1. The zero-order valence-corrected chi connectivity index (χ0v) is 23.2. The van der Waals surface area contributed by atoms with Crippen LogP contribution in [0.2, 0.25) is 0 Å². The van der Waals surface area contributed by atoms with Crippen LogP contribution in [0.1, 0.15) is 71.3 Å². The molecule has 0 aromatic heterocycles. The lowest BCUT2D eigenvalue weighted by Crippen LogP contribution is -2.38. The van der Waals surface area contributed by atoms with Gasteiger partial charge in [-0.05, 0) is 102 Å². The lowest BCUT2D eigenvalue weighted by molar-refractivity contribution is -0.140. The molecule has 34 heavy (non-hydrogen) atoms. The maximum Gasteiger partial charge on any atom is 0.320 e. The highest BCUT2D eigenvalue weighted by molar-refractivity contribution is 7.99. The summed E-state index contributed by atoms with van der Waals surface area (Å²) in [5.74, 6) is 2.64. The number of carboxylic acid groups (broad SMARTS) is 1. The Hall–Kier alpha value is -1.30. The van der Waals surface area contributed by atoms with Gasteiger partial charge in [-0.2, -0.15) is 0 Å². The summed E-state index contributed by atoms with van der Waals surface area (Å²) in [5, 5.41) is 11.2. The van der Waals surface area contributed by atoms with Crippen molar-refractivity contribution in [2.45, 2.75) is 83.6 Å². The molecule has 0 amide bonds. The van der Waals surface area contributed by atoms with Crippen molar-refractivity contribution in [2.24, 2.45) is 17.8 Å². The molecular formula is C29H50N2O2S. The molecule has 4 nitrogen and oxygen atoms in total. The van der Waals surface area contributed by atoms with Gasteiger partial charge in [0.05, 0.1) is 0 Å². The van der Waals surface area contributed by atoms with E-state index in [1.807, 2.05) is 32.5 Å². The van der Waals surface area contributed by atoms with E-state index in [0.29, 0.717) is 0 Å². The van der Waals surface area contributed by atoms with Crippen molar-refractivity contribution >= 4 is 17.7 Å². The molecule has 1 heterocycles. The molecule has 1 saturated carbocycles. The summed E-state index contributed by atoms with van der Waals surface area (Å²) in [5.41, 5.74) is 1.36. The zero-order chi connectivity index (χ0) is 25.3. The minimum atomic E-state index is -0.785. The molecule has 2 N–H and O–H groups in total. The molecule has 1 atom stereocenters. The number of nitrogens with one attached hydrogen (secondary N) is 1. The van der Waals surface area contributed by atoms with Crippen LogP contribution in [0, 0.1) is 24.7 Å². The second-order valence-corrected chi connectivity index (χ2v) is 11.3. The number of likely N-dealkylation sites (N-methyl/N-ethyl adjacent to an activating group) is 1. The van der Waals surface area contributed by atoms with Gasteiger partial charge in [0.15, 0.2) is 0 Å². The van der Waals surface area contributed by atoms with E-state index in [-0.39, 0.29) is 5.92 Å². The lowest BCUT2D eigenvalue weighted by atomic mass is 9.93. The smallest absolute Gasteiger partial charge is 0.320 e. The molecule has 1 unspecified atom stereocenters. The van der Waals surface area contributed by atoms with E-state index in [9.17, 15) is 4.79 Å². The number of aryl methyl sites for hydroxylation is 1. The number of rotatable bonds is 9. The van der Waals surface area contributed by atoms with E-state index in [1.165, 1.54) is 80.8 Å². The van der Waals surface area contributed by atoms with Crippen LogP contribution >= 0.6 is 11.8 Å². The average molecular weight is 491 g/mol. The number of benzene rings is 1. The number of hydrogen-bond donors (Lipinski definition) is 2. The molecule has 0 bridgehead atoms. The van der Waals surface area contributed by atoms with E-state index in [2.05, 4.69) is 48.0 Å². The van der Waals surface area contributed by atoms with Gasteiger partial charge in [0.2, 0.25) is 0 Å². The van der Waals surface area contributed by atoms with Crippen molar-refractivity contribution in [1.29, 1.82) is 0 Å². The van der Waals surface area contributed by atoms with Crippen molar-refractivity contribution in [3.05, 3.63) is 42.5 Å². The number of likely N-dealkylation sites (tertiary alicyclic amines) is 1. The first kappa shape index (κ1) is 30.7. The first-order valence-corrected chi connectivity index (χ1v) is 14.2. The van der Waals surface area contributed by atoms with Crippen LogP contribution < -0.4 is 5.32 Å². The summed E-state index contributed by atoms with van der Waals surface area (Å²) in [4.78, 5) is 14.5. The van der Waals surface area contributed by atoms with E-state index >= 15 is 0 Å². The van der Waals surface area contributed by atoms with Gasteiger partial charge < -0.3 is 15.3 Å². The molecule has 3 rings (SSSR count). The van der Waals surface area contributed by atoms with Crippen LogP contribution in [0.25, 0.3) is 0 Å². The fraction of sp³-hybridized carbons (Fsp3) is 0.690. The molecule has 1 aliphatic heterocycles. The third kappa shape index (κ3) is 13.0. The molecule has 1 aromatic carbocycles. The molecule has 194 valence electrons. The number of piperidine rings is 1. The van der Waals surface area contributed by atoms with Crippen LogP contribution in [0.4, 0.5) is 0 Å². The summed E-state index contributed by atoms with van der Waals surface area (Å²) in [6.45, 7) is 15.3. The quantitative estimate of drug-likeness (QED) is 0.292. The fourth-order valence-electron chi connectivity index (χ4n) is 4.74. The van der Waals surface area contributed by atoms with Gasteiger partial charge >= 0.3 is 5.97 Å². The van der Waals surface area contributed by atoms with E-state index in [4.69, 9.17) is 5.11 Å². The Labute approximate surface area is 214 Å². The van der Waals surface area contributed by atoms with Crippen LogP contribution in [0.5, 0.6) is 0 Å². The molecule has 1 aromatic rings. The Bertz CT molecular complexity index is 663. The highest BCUT2D eigenvalue weighted by Crippen LogP contribution is 2.29. The fourth-order valence-corrected chi connectivity index (χ4v) is 5.75. The van der Waals surface area contributed by atoms with Gasteiger partial charge in [-0.25, -0.2) is 0 Å². The Morgan fingerprint density at radius 3 is 2.15 bits per heavy atom. The average Bonchev–Trinajstić information content (AvgIpc) is 3.30. The van der Waals surface area contributed by atoms with Gasteiger partial charge in [0, 0.05) is 11.4 Å². The van der Waals surface area contributed by atoms with Gasteiger partial charge in [0.25, 0.3) is 0 Å². The molecule has 5 heteroatoms. The monoisotopic (exact) mass is 490 g/mol. The molecule has 0 radical (unpaired) electrons. The summed E-state index contributed by atoms with van der Waals surface area (Å²) < 4.78 is 0. The third-order valence-electron chi connectivity index (χ3n) is 6.76. The largest absolute Gasteiger partial charge is 0.480 e. The van der Waals surface area contributed by atoms with Crippen molar-refractivity contribution < 1.29 is 9.90 Å². The van der Waals surface area contributed by atoms with Crippen LogP contribution in [-0.4, -0.2) is 54.5 Å². The second kappa shape index (κ2) is 18.0. The van der Waals surface area contributed by atoms with Gasteiger partial charge in [-0.15, -0.1) is 18.3 Å². The van der Waals surface area contributed by atoms with E-state index in [0.717, 1.165) is 11.8 Å². The molecular weight excluding hydrogens is 440 g/mol. The number of hydrogen-bond acceptors (Lipinski definition) is 4. The summed E-state index contributed by atoms with van der Waals surface area (Å²) in [6.07, 6.45) is 12.0. The van der Waals surface area contributed by atoms with Crippen molar-refractivity contribution in [1.82, 2.24) is 10.2 Å². The molecule has 0 spiro atoms. The second-order valence-electron chi connectivity index (χ2n) is 10.1. The number of aliphatic carboxylic acids is 1. The predicted octanol–water partition coefficient (Wildman–Crippen LogP) is 6.89. The normalized spacial score (nSPS) is 17.9. The number of allylic oxidation sites excluding steroid dienone is 1. The molecule has 1 aliphatic carbocycles. The lowest BCUT2D eigenvalue weighted by Gasteiger charge is -2.33. The Kier molecular flexibility index (Phi) is 16.3. The van der Waals surface area contributed by atoms with Crippen LogP contribution in [0.15, 0.2) is 41.8 Å². The number of carbonyl (C=O) groups is 1. The first-order valence-electron chi connectivity index (χ1n) is 13.2. The van der Waals surface area contributed by atoms with E-state index < -0.39 is 12.0 Å². The Morgan fingerprint density at radius 2 is 1.71 bits per heavy atom.